The van der Waals surface area contributed by atoms with Gasteiger partial charge >= 0.3 is 0 Å². The number of carbonyl (C=O) groups is 1. The summed E-state index contributed by atoms with van der Waals surface area (Å²) in [6.45, 7) is 0.441. The summed E-state index contributed by atoms with van der Waals surface area (Å²) in [7, 11) is -3.49. The SMILES string of the molecule is O=C(Cc1ccc(F)cn1)NCCS(=O)(=O)N1CCc2ccccc21. The van der Waals surface area contributed by atoms with Crippen molar-refractivity contribution in [3.63, 3.8) is 0 Å². The van der Waals surface area contributed by atoms with Crippen LogP contribution in [0.25, 0.3) is 0 Å². The lowest BCUT2D eigenvalue weighted by atomic mass is 10.2. The second-order valence-electron chi connectivity index (χ2n) is 5.76. The fourth-order valence-corrected chi connectivity index (χ4v) is 4.19. The van der Waals surface area contributed by atoms with Crippen LogP contribution in [0.5, 0.6) is 0 Å². The molecule has 1 N–H and O–H groups in total. The number of aromatic nitrogens is 1. The molecule has 25 heavy (non-hydrogen) atoms. The predicted molar refractivity (Wildman–Crippen MR) is 92.2 cm³/mol. The molecule has 0 atom stereocenters. The van der Waals surface area contributed by atoms with E-state index in [0.717, 1.165) is 11.8 Å². The van der Waals surface area contributed by atoms with E-state index in [1.807, 2.05) is 18.2 Å². The van der Waals surface area contributed by atoms with Gasteiger partial charge in [0.05, 0.1) is 24.1 Å². The Labute approximate surface area is 145 Å². The number of amides is 1. The Bertz CT molecular complexity index is 869. The predicted octanol–water partition coefficient (Wildman–Crippen LogP) is 1.27. The molecule has 1 aliphatic rings. The summed E-state index contributed by atoms with van der Waals surface area (Å²) in [6, 6.07) is 10.1. The molecule has 0 aliphatic carbocycles. The molecule has 0 saturated carbocycles. The van der Waals surface area contributed by atoms with E-state index >= 15 is 0 Å². The van der Waals surface area contributed by atoms with Crippen LogP contribution in [0.2, 0.25) is 0 Å². The zero-order valence-corrected chi connectivity index (χ0v) is 14.3. The number of carbonyl (C=O) groups excluding carboxylic acids is 1. The van der Waals surface area contributed by atoms with Crippen molar-refractivity contribution in [2.75, 3.05) is 23.1 Å². The van der Waals surface area contributed by atoms with Crippen LogP contribution in [0, 0.1) is 5.82 Å². The lowest BCUT2D eigenvalue weighted by Crippen LogP contribution is -2.37. The van der Waals surface area contributed by atoms with E-state index in [-0.39, 0.29) is 24.6 Å². The Morgan fingerprint density at radius 3 is 2.80 bits per heavy atom. The topological polar surface area (TPSA) is 79.4 Å². The van der Waals surface area contributed by atoms with Crippen molar-refractivity contribution in [1.82, 2.24) is 10.3 Å². The highest BCUT2D eigenvalue weighted by Crippen LogP contribution is 2.29. The fraction of sp³-hybridized carbons (Fsp3) is 0.294. The molecule has 0 saturated heterocycles. The van der Waals surface area contributed by atoms with Crippen LogP contribution >= 0.6 is 0 Å². The molecule has 132 valence electrons. The van der Waals surface area contributed by atoms with Crippen LogP contribution in [0.3, 0.4) is 0 Å². The number of benzene rings is 1. The summed E-state index contributed by atoms with van der Waals surface area (Å²) < 4.78 is 39.2. The summed E-state index contributed by atoms with van der Waals surface area (Å²) in [4.78, 5) is 15.7. The first-order valence-corrected chi connectivity index (χ1v) is 9.52. The summed E-state index contributed by atoms with van der Waals surface area (Å²) in [5, 5.41) is 2.57. The molecule has 6 nitrogen and oxygen atoms in total. The molecule has 0 spiro atoms. The second-order valence-corrected chi connectivity index (χ2v) is 7.77. The molecule has 1 aromatic carbocycles. The van der Waals surface area contributed by atoms with Crippen LogP contribution in [-0.4, -0.2) is 38.2 Å². The molecule has 2 heterocycles. The number of fused-ring (bicyclic) bond motifs is 1. The van der Waals surface area contributed by atoms with Gasteiger partial charge in [-0.25, -0.2) is 12.8 Å². The number of pyridine rings is 1. The van der Waals surface area contributed by atoms with Gasteiger partial charge < -0.3 is 5.32 Å². The zero-order chi connectivity index (χ0) is 17.9. The molecule has 2 aromatic rings. The molecule has 1 aromatic heterocycles. The molecular weight excluding hydrogens is 345 g/mol. The van der Waals surface area contributed by atoms with Gasteiger partial charge in [0.2, 0.25) is 15.9 Å². The van der Waals surface area contributed by atoms with Gasteiger partial charge in [-0.05, 0) is 30.2 Å². The van der Waals surface area contributed by atoms with Crippen molar-refractivity contribution < 1.29 is 17.6 Å². The number of para-hydroxylation sites is 1. The minimum absolute atomic E-state index is 0.0149. The largest absolute Gasteiger partial charge is 0.355 e. The molecule has 0 fully saturated rings. The molecule has 1 aliphatic heterocycles. The van der Waals surface area contributed by atoms with Gasteiger partial charge in [-0.2, -0.15) is 0 Å². The highest BCUT2D eigenvalue weighted by Gasteiger charge is 2.28. The number of nitrogens with zero attached hydrogens (tertiary/aromatic N) is 2. The number of hydrogen-bond donors (Lipinski definition) is 1. The lowest BCUT2D eigenvalue weighted by Gasteiger charge is -2.19. The number of rotatable bonds is 6. The van der Waals surface area contributed by atoms with Gasteiger partial charge in [0.25, 0.3) is 0 Å². The van der Waals surface area contributed by atoms with E-state index in [1.54, 1.807) is 6.07 Å². The standard InChI is InChI=1S/C17H18FN3O3S/c18-14-5-6-15(20-12-14)11-17(22)19-8-10-25(23,24)21-9-7-13-3-1-2-4-16(13)21/h1-6,12H,7-11H2,(H,19,22). The average molecular weight is 363 g/mol. The van der Waals surface area contributed by atoms with Gasteiger partial charge in [-0.15, -0.1) is 0 Å². The third-order valence-electron chi connectivity index (χ3n) is 3.99. The number of nitrogens with one attached hydrogen (secondary N) is 1. The maximum absolute atomic E-state index is 12.8. The number of sulfonamides is 1. The van der Waals surface area contributed by atoms with Gasteiger partial charge in [-0.3, -0.25) is 14.1 Å². The van der Waals surface area contributed by atoms with Crippen LogP contribution < -0.4 is 9.62 Å². The highest BCUT2D eigenvalue weighted by atomic mass is 32.2. The van der Waals surface area contributed by atoms with Gasteiger partial charge in [0.15, 0.2) is 0 Å². The molecule has 8 heteroatoms. The van der Waals surface area contributed by atoms with E-state index in [0.29, 0.717) is 24.3 Å². The lowest BCUT2D eigenvalue weighted by molar-refractivity contribution is -0.120. The maximum atomic E-state index is 12.8. The van der Waals surface area contributed by atoms with Crippen LogP contribution in [-0.2, 0) is 27.7 Å². The van der Waals surface area contributed by atoms with Crippen LogP contribution in [0.15, 0.2) is 42.6 Å². The summed E-state index contributed by atoms with van der Waals surface area (Å²) in [5.41, 5.74) is 2.15. The van der Waals surface area contributed by atoms with Crippen molar-refractivity contribution >= 4 is 21.6 Å². The van der Waals surface area contributed by atoms with Crippen molar-refractivity contribution in [3.8, 4) is 0 Å². The second kappa shape index (κ2) is 7.18. The van der Waals surface area contributed by atoms with Crippen LogP contribution in [0.1, 0.15) is 11.3 Å². The molecule has 0 bridgehead atoms. The highest BCUT2D eigenvalue weighted by molar-refractivity contribution is 7.92. The molecule has 0 unspecified atom stereocenters. The van der Waals surface area contributed by atoms with E-state index < -0.39 is 15.8 Å². The monoisotopic (exact) mass is 363 g/mol. The average Bonchev–Trinajstić information content (AvgIpc) is 3.02. The van der Waals surface area contributed by atoms with Gasteiger partial charge in [-0.1, -0.05) is 18.2 Å². The summed E-state index contributed by atoms with van der Waals surface area (Å²) in [5.74, 6) is -0.999. The van der Waals surface area contributed by atoms with Crippen molar-refractivity contribution in [2.24, 2.45) is 0 Å². The van der Waals surface area contributed by atoms with Crippen molar-refractivity contribution in [1.29, 1.82) is 0 Å². The normalized spacial score (nSPS) is 13.6. The first-order valence-electron chi connectivity index (χ1n) is 7.91. The third-order valence-corrected chi connectivity index (χ3v) is 5.76. The van der Waals surface area contributed by atoms with E-state index in [9.17, 15) is 17.6 Å². The van der Waals surface area contributed by atoms with Crippen molar-refractivity contribution in [3.05, 3.63) is 59.7 Å². The van der Waals surface area contributed by atoms with Gasteiger partial charge in [0, 0.05) is 18.8 Å². The smallest absolute Gasteiger partial charge is 0.236 e. The summed E-state index contributed by atoms with van der Waals surface area (Å²) in [6.07, 6.45) is 1.71. The summed E-state index contributed by atoms with van der Waals surface area (Å²) >= 11 is 0. The minimum atomic E-state index is -3.49. The minimum Gasteiger partial charge on any atom is -0.355 e. The zero-order valence-electron chi connectivity index (χ0n) is 13.5. The molecule has 1 amide bonds. The Balaban J connectivity index is 1.53. The molecule has 3 rings (SSSR count). The van der Waals surface area contributed by atoms with E-state index in [1.165, 1.54) is 16.4 Å². The third kappa shape index (κ3) is 4.14. The van der Waals surface area contributed by atoms with E-state index in [4.69, 9.17) is 0 Å². The Kier molecular flexibility index (Phi) is 4.98. The fourth-order valence-electron chi connectivity index (χ4n) is 2.76. The number of halogens is 1. The quantitative estimate of drug-likeness (QED) is 0.838. The number of anilines is 1. The molecular formula is C17H18FN3O3S. The number of hydrogen-bond acceptors (Lipinski definition) is 4. The Hall–Kier alpha value is -2.48. The first-order chi connectivity index (χ1) is 12.0. The Morgan fingerprint density at radius 1 is 1.24 bits per heavy atom. The van der Waals surface area contributed by atoms with E-state index in [2.05, 4.69) is 10.3 Å². The Morgan fingerprint density at radius 2 is 2.04 bits per heavy atom. The maximum Gasteiger partial charge on any atom is 0.236 e. The molecule has 0 radical (unpaired) electrons. The van der Waals surface area contributed by atoms with Crippen LogP contribution in [0.4, 0.5) is 10.1 Å². The van der Waals surface area contributed by atoms with Gasteiger partial charge in [0.1, 0.15) is 5.82 Å². The van der Waals surface area contributed by atoms with Crippen molar-refractivity contribution in [2.45, 2.75) is 12.8 Å². The first kappa shape index (κ1) is 17.3.